The lowest BCUT2D eigenvalue weighted by Gasteiger charge is -2.11. The Morgan fingerprint density at radius 2 is 1.94 bits per heavy atom. The number of hydrogen-bond acceptors (Lipinski definition) is 2. The van der Waals surface area contributed by atoms with Crippen LogP contribution in [0.2, 0.25) is 0 Å². The Balaban J connectivity index is 2.14. The molecule has 0 spiro atoms. The van der Waals surface area contributed by atoms with E-state index in [4.69, 9.17) is 5.11 Å². The lowest BCUT2D eigenvalue weighted by Crippen LogP contribution is -2.34. The van der Waals surface area contributed by atoms with Crippen LogP contribution in [0.3, 0.4) is 0 Å². The molecule has 4 heteroatoms. The summed E-state index contributed by atoms with van der Waals surface area (Å²) in [6.07, 6.45) is -0.553. The monoisotopic (exact) mass is 244 g/mol. The summed E-state index contributed by atoms with van der Waals surface area (Å²) in [4.78, 5) is 11.6. The molecule has 0 aliphatic rings. The third kappa shape index (κ3) is 2.99. The first-order valence-corrected chi connectivity index (χ1v) is 5.87. The summed E-state index contributed by atoms with van der Waals surface area (Å²) in [5.74, 6) is 0. The van der Waals surface area contributed by atoms with Gasteiger partial charge in [-0.25, -0.2) is 4.79 Å². The highest BCUT2D eigenvalue weighted by Gasteiger charge is 2.05. The number of fused-ring (bicyclic) bond motifs is 1. The predicted octanol–water partition coefficient (Wildman–Crippen LogP) is 2.34. The van der Waals surface area contributed by atoms with Crippen LogP contribution in [0.15, 0.2) is 42.5 Å². The van der Waals surface area contributed by atoms with Crippen LogP contribution in [0.5, 0.6) is 0 Å². The van der Waals surface area contributed by atoms with Crippen LogP contribution in [0, 0.1) is 0 Å². The fraction of sp³-hybridized carbons (Fsp3) is 0.214. The van der Waals surface area contributed by atoms with E-state index in [9.17, 15) is 4.79 Å². The van der Waals surface area contributed by atoms with Crippen LogP contribution in [-0.4, -0.2) is 23.8 Å². The second kappa shape index (κ2) is 5.51. The van der Waals surface area contributed by atoms with E-state index in [0.29, 0.717) is 0 Å². The quantitative estimate of drug-likeness (QED) is 0.776. The molecule has 1 atom stereocenters. The average molecular weight is 244 g/mol. The molecular weight excluding hydrogens is 228 g/mol. The number of rotatable bonds is 3. The summed E-state index contributed by atoms with van der Waals surface area (Å²) in [7, 11) is 0. The van der Waals surface area contributed by atoms with Crippen LogP contribution in [-0.2, 0) is 0 Å². The van der Waals surface area contributed by atoms with Crippen molar-refractivity contribution in [3.8, 4) is 0 Å². The fourth-order valence-electron chi connectivity index (χ4n) is 1.74. The molecule has 0 fully saturated rings. The van der Waals surface area contributed by atoms with Crippen molar-refractivity contribution < 1.29 is 9.90 Å². The summed E-state index contributed by atoms with van der Waals surface area (Å²) >= 11 is 0. The number of carbonyl (C=O) groups excluding carboxylic acids is 1. The van der Waals surface area contributed by atoms with Crippen LogP contribution in [0.4, 0.5) is 10.5 Å². The van der Waals surface area contributed by atoms with Crippen molar-refractivity contribution in [3.63, 3.8) is 0 Å². The fourth-order valence-corrected chi connectivity index (χ4v) is 1.74. The van der Waals surface area contributed by atoms with E-state index in [1.54, 1.807) is 6.92 Å². The van der Waals surface area contributed by atoms with Gasteiger partial charge in [0.05, 0.1) is 11.8 Å². The van der Waals surface area contributed by atoms with Crippen LogP contribution in [0.1, 0.15) is 6.92 Å². The number of hydrogen-bond donors (Lipinski definition) is 3. The van der Waals surface area contributed by atoms with Crippen molar-refractivity contribution in [2.75, 3.05) is 11.9 Å². The number of amides is 2. The van der Waals surface area contributed by atoms with Gasteiger partial charge in [-0.3, -0.25) is 0 Å². The summed E-state index contributed by atoms with van der Waals surface area (Å²) in [5, 5.41) is 16.5. The molecule has 3 N–H and O–H groups in total. The number of aliphatic hydroxyl groups excluding tert-OH is 1. The normalized spacial score (nSPS) is 12.1. The van der Waals surface area contributed by atoms with Crippen LogP contribution >= 0.6 is 0 Å². The van der Waals surface area contributed by atoms with Crippen LogP contribution in [0.25, 0.3) is 10.8 Å². The first kappa shape index (κ1) is 12.4. The topological polar surface area (TPSA) is 61.4 Å². The Kier molecular flexibility index (Phi) is 3.79. The lowest BCUT2D eigenvalue weighted by atomic mass is 10.1. The van der Waals surface area contributed by atoms with E-state index in [1.807, 2.05) is 42.5 Å². The molecule has 2 amide bonds. The molecule has 0 unspecified atom stereocenters. The number of anilines is 1. The zero-order valence-electron chi connectivity index (χ0n) is 10.2. The molecular formula is C14H16N2O2. The maximum Gasteiger partial charge on any atom is 0.319 e. The third-order valence-corrected chi connectivity index (χ3v) is 2.60. The Morgan fingerprint density at radius 3 is 2.72 bits per heavy atom. The number of carbonyl (C=O) groups is 1. The molecule has 2 rings (SSSR count). The second-order valence-corrected chi connectivity index (χ2v) is 4.21. The second-order valence-electron chi connectivity index (χ2n) is 4.21. The molecule has 2 aromatic carbocycles. The number of urea groups is 1. The van der Waals surface area contributed by atoms with E-state index in [-0.39, 0.29) is 12.6 Å². The van der Waals surface area contributed by atoms with E-state index in [2.05, 4.69) is 10.6 Å². The molecule has 0 radical (unpaired) electrons. The van der Waals surface area contributed by atoms with E-state index < -0.39 is 6.10 Å². The van der Waals surface area contributed by atoms with Crippen molar-refractivity contribution in [1.82, 2.24) is 5.32 Å². The third-order valence-electron chi connectivity index (χ3n) is 2.60. The Hall–Kier alpha value is -2.07. The van der Waals surface area contributed by atoms with Gasteiger partial charge in [-0.15, -0.1) is 0 Å². The predicted molar refractivity (Wildman–Crippen MR) is 72.7 cm³/mol. The highest BCUT2D eigenvalue weighted by Crippen LogP contribution is 2.22. The van der Waals surface area contributed by atoms with Gasteiger partial charge in [-0.1, -0.05) is 36.4 Å². The van der Waals surface area contributed by atoms with Crippen LogP contribution < -0.4 is 10.6 Å². The first-order chi connectivity index (χ1) is 8.66. The minimum atomic E-state index is -0.553. The van der Waals surface area contributed by atoms with Gasteiger partial charge in [0, 0.05) is 11.9 Å². The van der Waals surface area contributed by atoms with Crippen molar-refractivity contribution >= 4 is 22.5 Å². The smallest absolute Gasteiger partial charge is 0.319 e. The molecule has 0 aliphatic carbocycles. The summed E-state index contributed by atoms with van der Waals surface area (Å²) in [6.45, 7) is 1.86. The minimum absolute atomic E-state index is 0.233. The zero-order valence-corrected chi connectivity index (χ0v) is 10.2. The van der Waals surface area contributed by atoms with Gasteiger partial charge < -0.3 is 15.7 Å². The number of benzene rings is 2. The standard InChI is InChI=1S/C14H16N2O2/c1-10(17)9-15-14(18)16-13-8-4-6-11-5-2-3-7-12(11)13/h2-8,10,17H,9H2,1H3,(H2,15,16,18)/t10-/m0/s1. The number of nitrogens with one attached hydrogen (secondary N) is 2. The van der Waals surface area contributed by atoms with Gasteiger partial charge >= 0.3 is 6.03 Å². The highest BCUT2D eigenvalue weighted by atomic mass is 16.3. The molecule has 0 bridgehead atoms. The number of aliphatic hydroxyl groups is 1. The molecule has 0 heterocycles. The summed E-state index contributed by atoms with van der Waals surface area (Å²) < 4.78 is 0. The maximum absolute atomic E-state index is 11.6. The summed E-state index contributed by atoms with van der Waals surface area (Å²) in [5.41, 5.74) is 0.760. The van der Waals surface area contributed by atoms with E-state index in [1.165, 1.54) is 0 Å². The summed E-state index contributed by atoms with van der Waals surface area (Å²) in [6, 6.07) is 13.3. The molecule has 0 aliphatic heterocycles. The van der Waals surface area contributed by atoms with E-state index in [0.717, 1.165) is 16.5 Å². The molecule has 18 heavy (non-hydrogen) atoms. The van der Waals surface area contributed by atoms with Gasteiger partial charge in [0.15, 0.2) is 0 Å². The largest absolute Gasteiger partial charge is 0.392 e. The van der Waals surface area contributed by atoms with Crippen molar-refractivity contribution in [3.05, 3.63) is 42.5 Å². The molecule has 0 aromatic heterocycles. The molecule has 2 aromatic rings. The van der Waals surface area contributed by atoms with Crippen molar-refractivity contribution in [1.29, 1.82) is 0 Å². The van der Waals surface area contributed by atoms with Gasteiger partial charge in [0.25, 0.3) is 0 Å². The van der Waals surface area contributed by atoms with Crippen molar-refractivity contribution in [2.24, 2.45) is 0 Å². The molecule has 0 saturated heterocycles. The lowest BCUT2D eigenvalue weighted by molar-refractivity contribution is 0.190. The highest BCUT2D eigenvalue weighted by molar-refractivity contribution is 6.01. The molecule has 0 saturated carbocycles. The Morgan fingerprint density at radius 1 is 1.22 bits per heavy atom. The maximum atomic E-state index is 11.6. The SMILES string of the molecule is C[C@H](O)CNC(=O)Nc1cccc2ccccc12. The Bertz CT molecular complexity index is 547. The zero-order chi connectivity index (χ0) is 13.0. The molecule has 4 nitrogen and oxygen atoms in total. The first-order valence-electron chi connectivity index (χ1n) is 5.87. The molecule has 94 valence electrons. The average Bonchev–Trinajstić information content (AvgIpc) is 2.37. The Labute approximate surface area is 106 Å². The van der Waals surface area contributed by atoms with Crippen molar-refractivity contribution in [2.45, 2.75) is 13.0 Å². The van der Waals surface area contributed by atoms with Gasteiger partial charge in [-0.2, -0.15) is 0 Å². The van der Waals surface area contributed by atoms with Gasteiger partial charge in [0.2, 0.25) is 0 Å². The van der Waals surface area contributed by atoms with E-state index >= 15 is 0 Å². The van der Waals surface area contributed by atoms with Gasteiger partial charge in [0.1, 0.15) is 0 Å². The van der Waals surface area contributed by atoms with Gasteiger partial charge in [-0.05, 0) is 18.4 Å². The minimum Gasteiger partial charge on any atom is -0.392 e.